The van der Waals surface area contributed by atoms with Crippen LogP contribution < -0.4 is 9.47 Å². The van der Waals surface area contributed by atoms with E-state index in [0.29, 0.717) is 5.92 Å². The Labute approximate surface area is 172 Å². The van der Waals surface area contributed by atoms with Gasteiger partial charge in [-0.3, -0.25) is 9.88 Å². The van der Waals surface area contributed by atoms with Crippen LogP contribution in [0.4, 0.5) is 0 Å². The van der Waals surface area contributed by atoms with Crippen LogP contribution in [0.5, 0.6) is 11.5 Å². The third-order valence-corrected chi connectivity index (χ3v) is 5.59. The highest BCUT2D eigenvalue weighted by atomic mass is 16.5. The van der Waals surface area contributed by atoms with E-state index >= 15 is 0 Å². The monoisotopic (exact) mass is 389 g/mol. The van der Waals surface area contributed by atoms with Crippen molar-refractivity contribution >= 4 is 0 Å². The highest BCUT2D eigenvalue weighted by molar-refractivity contribution is 5.60. The van der Waals surface area contributed by atoms with Crippen LogP contribution in [0.2, 0.25) is 0 Å². The standard InChI is InChI=1S/C24H27N3O2/c1-28-21-8-6-18(7-9-21)17-27-12-10-19(11-13-27)23-15-25-16-24(26-23)20-4-3-5-22(14-20)29-2/h3-9,14-16,19H,10-13,17H2,1-2H3. The van der Waals surface area contributed by atoms with Crippen molar-refractivity contribution in [2.45, 2.75) is 25.3 Å². The quantitative estimate of drug-likeness (QED) is 0.619. The summed E-state index contributed by atoms with van der Waals surface area (Å²) < 4.78 is 10.6. The van der Waals surface area contributed by atoms with Gasteiger partial charge in [-0.05, 0) is 55.8 Å². The van der Waals surface area contributed by atoms with Gasteiger partial charge >= 0.3 is 0 Å². The summed E-state index contributed by atoms with van der Waals surface area (Å²) in [6.45, 7) is 3.12. The molecule has 150 valence electrons. The normalized spacial score (nSPS) is 15.2. The van der Waals surface area contributed by atoms with Gasteiger partial charge in [0.2, 0.25) is 0 Å². The third-order valence-electron chi connectivity index (χ3n) is 5.59. The summed E-state index contributed by atoms with van der Waals surface area (Å²) in [7, 11) is 3.38. The van der Waals surface area contributed by atoms with Crippen LogP contribution >= 0.6 is 0 Å². The third kappa shape index (κ3) is 4.74. The number of nitrogens with zero attached hydrogens (tertiary/aromatic N) is 3. The molecule has 5 nitrogen and oxygen atoms in total. The van der Waals surface area contributed by atoms with Crippen molar-refractivity contribution < 1.29 is 9.47 Å². The lowest BCUT2D eigenvalue weighted by Gasteiger charge is -2.31. The average Bonchev–Trinajstić information content (AvgIpc) is 2.80. The predicted molar refractivity (Wildman–Crippen MR) is 114 cm³/mol. The van der Waals surface area contributed by atoms with Crippen molar-refractivity contribution in [1.29, 1.82) is 0 Å². The Morgan fingerprint density at radius 2 is 1.69 bits per heavy atom. The van der Waals surface area contributed by atoms with Gasteiger partial charge < -0.3 is 9.47 Å². The zero-order chi connectivity index (χ0) is 20.1. The molecule has 0 radical (unpaired) electrons. The first-order valence-electron chi connectivity index (χ1n) is 10.1. The lowest BCUT2D eigenvalue weighted by Crippen LogP contribution is -2.32. The van der Waals surface area contributed by atoms with Crippen molar-refractivity contribution in [1.82, 2.24) is 14.9 Å². The Bertz CT molecular complexity index is 935. The topological polar surface area (TPSA) is 47.5 Å². The highest BCUT2D eigenvalue weighted by Crippen LogP contribution is 2.29. The molecule has 0 aliphatic carbocycles. The first-order chi connectivity index (χ1) is 14.2. The number of ether oxygens (including phenoxy) is 2. The molecule has 1 fully saturated rings. The molecule has 1 aliphatic heterocycles. The maximum Gasteiger partial charge on any atom is 0.119 e. The van der Waals surface area contributed by atoms with Crippen molar-refractivity contribution in [3.63, 3.8) is 0 Å². The van der Waals surface area contributed by atoms with Gasteiger partial charge in [-0.1, -0.05) is 24.3 Å². The fourth-order valence-electron chi connectivity index (χ4n) is 3.88. The largest absolute Gasteiger partial charge is 0.497 e. The van der Waals surface area contributed by atoms with Gasteiger partial charge in [0, 0.05) is 24.2 Å². The van der Waals surface area contributed by atoms with E-state index < -0.39 is 0 Å². The molecule has 2 aromatic carbocycles. The van der Waals surface area contributed by atoms with Crippen molar-refractivity contribution in [3.05, 3.63) is 72.2 Å². The first-order valence-corrected chi connectivity index (χ1v) is 10.1. The van der Waals surface area contributed by atoms with Gasteiger partial charge in [0.1, 0.15) is 11.5 Å². The van der Waals surface area contributed by atoms with E-state index in [-0.39, 0.29) is 0 Å². The summed E-state index contributed by atoms with van der Waals surface area (Å²) >= 11 is 0. The number of hydrogen-bond acceptors (Lipinski definition) is 5. The molecule has 0 spiro atoms. The number of rotatable bonds is 6. The molecule has 1 aliphatic rings. The van der Waals surface area contributed by atoms with Crippen molar-refractivity contribution in [2.75, 3.05) is 27.3 Å². The van der Waals surface area contributed by atoms with E-state index in [4.69, 9.17) is 14.5 Å². The molecule has 0 atom stereocenters. The lowest BCUT2D eigenvalue weighted by atomic mass is 9.93. The Morgan fingerprint density at radius 1 is 0.931 bits per heavy atom. The molecule has 1 saturated heterocycles. The smallest absolute Gasteiger partial charge is 0.119 e. The van der Waals surface area contributed by atoms with Gasteiger partial charge in [-0.25, -0.2) is 4.98 Å². The molecule has 0 amide bonds. The second-order valence-corrected chi connectivity index (χ2v) is 7.46. The molecule has 4 rings (SSSR count). The number of methoxy groups -OCH3 is 2. The van der Waals surface area contributed by atoms with Crippen molar-refractivity contribution in [2.24, 2.45) is 0 Å². The van der Waals surface area contributed by atoms with Crippen LogP contribution in [0.1, 0.15) is 30.0 Å². The molecular formula is C24H27N3O2. The van der Waals surface area contributed by atoms with Crippen LogP contribution in [0.3, 0.4) is 0 Å². The molecule has 5 heteroatoms. The highest BCUT2D eigenvalue weighted by Gasteiger charge is 2.22. The summed E-state index contributed by atoms with van der Waals surface area (Å²) in [5.41, 5.74) is 4.36. The maximum atomic E-state index is 5.34. The van der Waals surface area contributed by atoms with Gasteiger partial charge in [-0.2, -0.15) is 0 Å². The summed E-state index contributed by atoms with van der Waals surface area (Å²) in [5, 5.41) is 0. The van der Waals surface area contributed by atoms with E-state index in [1.54, 1.807) is 14.2 Å². The van der Waals surface area contributed by atoms with Gasteiger partial charge in [0.25, 0.3) is 0 Å². The van der Waals surface area contributed by atoms with E-state index in [9.17, 15) is 0 Å². The molecule has 0 saturated carbocycles. The van der Waals surface area contributed by atoms with Gasteiger partial charge in [0.05, 0.1) is 31.8 Å². The second-order valence-electron chi connectivity index (χ2n) is 7.46. The van der Waals surface area contributed by atoms with Crippen LogP contribution in [-0.4, -0.2) is 42.2 Å². The Morgan fingerprint density at radius 3 is 2.41 bits per heavy atom. The number of piperidine rings is 1. The summed E-state index contributed by atoms with van der Waals surface area (Å²) in [5.74, 6) is 2.20. The van der Waals surface area contributed by atoms with Crippen LogP contribution in [0, 0.1) is 0 Å². The fourth-order valence-corrected chi connectivity index (χ4v) is 3.88. The van der Waals surface area contributed by atoms with Gasteiger partial charge in [0.15, 0.2) is 0 Å². The average molecular weight is 389 g/mol. The zero-order valence-electron chi connectivity index (χ0n) is 17.0. The van der Waals surface area contributed by atoms with E-state index in [2.05, 4.69) is 22.0 Å². The van der Waals surface area contributed by atoms with Crippen LogP contribution in [0.25, 0.3) is 11.3 Å². The Balaban J connectivity index is 1.39. The minimum atomic E-state index is 0.458. The molecule has 0 unspecified atom stereocenters. The lowest BCUT2D eigenvalue weighted by molar-refractivity contribution is 0.203. The summed E-state index contributed by atoms with van der Waals surface area (Å²) in [6.07, 6.45) is 5.96. The predicted octanol–water partition coefficient (Wildman–Crippen LogP) is 4.54. The molecule has 0 N–H and O–H groups in total. The van der Waals surface area contributed by atoms with Crippen LogP contribution in [0.15, 0.2) is 60.9 Å². The molecule has 29 heavy (non-hydrogen) atoms. The Kier molecular flexibility index (Phi) is 6.06. The number of likely N-dealkylation sites (tertiary alicyclic amines) is 1. The summed E-state index contributed by atoms with van der Waals surface area (Å²) in [4.78, 5) is 11.9. The van der Waals surface area contributed by atoms with Crippen LogP contribution in [-0.2, 0) is 6.54 Å². The number of benzene rings is 2. The molecule has 2 heterocycles. The maximum absolute atomic E-state index is 5.34. The van der Waals surface area contributed by atoms with E-state index in [0.717, 1.165) is 60.9 Å². The number of aromatic nitrogens is 2. The zero-order valence-corrected chi connectivity index (χ0v) is 17.0. The SMILES string of the molecule is COc1ccc(CN2CCC(c3cncc(-c4cccc(OC)c4)n3)CC2)cc1. The summed E-state index contributed by atoms with van der Waals surface area (Å²) in [6, 6.07) is 16.3. The van der Waals surface area contributed by atoms with E-state index in [1.807, 2.05) is 48.8 Å². The molecule has 1 aromatic heterocycles. The fraction of sp³-hybridized carbons (Fsp3) is 0.333. The van der Waals surface area contributed by atoms with Crippen molar-refractivity contribution in [3.8, 4) is 22.8 Å². The Hall–Kier alpha value is -2.92. The minimum Gasteiger partial charge on any atom is -0.497 e. The molecular weight excluding hydrogens is 362 g/mol. The second kappa shape index (κ2) is 9.05. The minimum absolute atomic E-state index is 0.458. The first kappa shape index (κ1) is 19.4. The molecule has 0 bridgehead atoms. The molecule has 3 aromatic rings. The van der Waals surface area contributed by atoms with E-state index in [1.165, 1.54) is 5.56 Å². The number of hydrogen-bond donors (Lipinski definition) is 0. The van der Waals surface area contributed by atoms with Gasteiger partial charge in [-0.15, -0.1) is 0 Å².